The molecule has 0 aliphatic rings. The number of anilines is 1. The Kier molecular flexibility index (Phi) is 4.53. The van der Waals surface area contributed by atoms with E-state index in [9.17, 15) is 4.79 Å². The summed E-state index contributed by atoms with van der Waals surface area (Å²) < 4.78 is 0. The van der Waals surface area contributed by atoms with Crippen molar-refractivity contribution in [2.24, 2.45) is 0 Å². The van der Waals surface area contributed by atoms with Gasteiger partial charge in [0.1, 0.15) is 0 Å². The van der Waals surface area contributed by atoms with Crippen molar-refractivity contribution in [2.45, 2.75) is 26.3 Å². The Labute approximate surface area is 96.3 Å². The van der Waals surface area contributed by atoms with Crippen molar-refractivity contribution in [3.8, 4) is 6.07 Å². The predicted molar refractivity (Wildman–Crippen MR) is 64.5 cm³/mol. The Morgan fingerprint density at radius 2 is 2.12 bits per heavy atom. The first-order chi connectivity index (χ1) is 7.70. The third-order valence-electron chi connectivity index (χ3n) is 2.46. The van der Waals surface area contributed by atoms with E-state index < -0.39 is 0 Å². The van der Waals surface area contributed by atoms with Gasteiger partial charge in [-0.3, -0.25) is 4.79 Å². The fourth-order valence-electron chi connectivity index (χ4n) is 1.68. The molecular weight excluding hydrogens is 200 g/mol. The molecule has 16 heavy (non-hydrogen) atoms. The summed E-state index contributed by atoms with van der Waals surface area (Å²) in [6.45, 7) is 4.76. The summed E-state index contributed by atoms with van der Waals surface area (Å²) in [6.07, 6.45) is 1.32. The lowest BCUT2D eigenvalue weighted by Crippen LogP contribution is -2.32. The normalized spacial score (nSPS) is 9.88. The van der Waals surface area contributed by atoms with Crippen molar-refractivity contribution in [2.75, 3.05) is 11.4 Å². The summed E-state index contributed by atoms with van der Waals surface area (Å²) in [5.41, 5.74) is 1.58. The number of benzene rings is 1. The number of nitrogens with zero attached hydrogens (tertiary/aromatic N) is 2. The van der Waals surface area contributed by atoms with Crippen LogP contribution in [-0.4, -0.2) is 18.9 Å². The SMILES string of the molecule is CC(C)N(CCC#N)c1ccccc1C=O. The van der Waals surface area contributed by atoms with Gasteiger partial charge in [-0.15, -0.1) is 0 Å². The van der Waals surface area contributed by atoms with Crippen LogP contribution in [0.15, 0.2) is 24.3 Å². The van der Waals surface area contributed by atoms with Crippen LogP contribution in [0.5, 0.6) is 0 Å². The lowest BCUT2D eigenvalue weighted by molar-refractivity contribution is 0.112. The van der Waals surface area contributed by atoms with E-state index in [1.54, 1.807) is 6.07 Å². The average molecular weight is 216 g/mol. The van der Waals surface area contributed by atoms with Crippen molar-refractivity contribution < 1.29 is 4.79 Å². The largest absolute Gasteiger partial charge is 0.367 e. The number of hydrogen-bond acceptors (Lipinski definition) is 3. The van der Waals surface area contributed by atoms with Gasteiger partial charge in [-0.1, -0.05) is 12.1 Å². The Bertz CT molecular complexity index is 393. The van der Waals surface area contributed by atoms with Crippen molar-refractivity contribution >= 4 is 12.0 Å². The maximum Gasteiger partial charge on any atom is 0.152 e. The van der Waals surface area contributed by atoms with Gasteiger partial charge in [-0.2, -0.15) is 5.26 Å². The molecule has 84 valence electrons. The van der Waals surface area contributed by atoms with Gasteiger partial charge in [0.15, 0.2) is 6.29 Å². The number of nitriles is 1. The third kappa shape index (κ3) is 2.83. The van der Waals surface area contributed by atoms with Gasteiger partial charge in [-0.05, 0) is 26.0 Å². The molecule has 1 rings (SSSR count). The zero-order valence-corrected chi connectivity index (χ0v) is 9.68. The third-order valence-corrected chi connectivity index (χ3v) is 2.46. The molecule has 0 amide bonds. The standard InChI is InChI=1S/C13H16N2O/c1-11(2)15(9-5-8-14)13-7-4-3-6-12(13)10-16/h3-4,6-7,10-11H,5,9H2,1-2H3. The molecule has 0 aliphatic carbocycles. The van der Waals surface area contributed by atoms with Gasteiger partial charge in [-0.25, -0.2) is 0 Å². The monoisotopic (exact) mass is 216 g/mol. The average Bonchev–Trinajstić information content (AvgIpc) is 2.29. The topological polar surface area (TPSA) is 44.1 Å². The molecule has 1 aromatic rings. The van der Waals surface area contributed by atoms with Gasteiger partial charge >= 0.3 is 0 Å². The summed E-state index contributed by atoms with van der Waals surface area (Å²) in [6, 6.07) is 9.87. The zero-order chi connectivity index (χ0) is 12.0. The Morgan fingerprint density at radius 1 is 1.44 bits per heavy atom. The lowest BCUT2D eigenvalue weighted by atomic mass is 10.1. The molecule has 0 unspecified atom stereocenters. The molecule has 0 fully saturated rings. The van der Waals surface area contributed by atoms with E-state index in [1.165, 1.54) is 0 Å². The summed E-state index contributed by atoms with van der Waals surface area (Å²) in [4.78, 5) is 13.0. The number of para-hydroxylation sites is 1. The number of hydrogen-bond donors (Lipinski definition) is 0. The Morgan fingerprint density at radius 3 is 2.69 bits per heavy atom. The number of carbonyl (C=O) groups excluding carboxylic acids is 1. The second-order valence-electron chi connectivity index (χ2n) is 3.87. The molecule has 3 heteroatoms. The molecule has 1 aromatic carbocycles. The maximum absolute atomic E-state index is 10.9. The molecule has 0 spiro atoms. The van der Waals surface area contributed by atoms with E-state index in [2.05, 4.69) is 24.8 Å². The molecule has 0 saturated heterocycles. The summed E-state index contributed by atoms with van der Waals surface area (Å²) in [5.74, 6) is 0. The molecule has 0 bridgehead atoms. The predicted octanol–water partition coefficient (Wildman–Crippen LogP) is 2.63. The molecule has 0 aliphatic heterocycles. The van der Waals surface area contributed by atoms with E-state index in [4.69, 9.17) is 5.26 Å². The van der Waals surface area contributed by atoms with Gasteiger partial charge in [0.2, 0.25) is 0 Å². The minimum atomic E-state index is 0.273. The Hall–Kier alpha value is -1.82. The van der Waals surface area contributed by atoms with Crippen LogP contribution in [0.25, 0.3) is 0 Å². The molecule has 0 radical (unpaired) electrons. The van der Waals surface area contributed by atoms with E-state index >= 15 is 0 Å². The smallest absolute Gasteiger partial charge is 0.152 e. The van der Waals surface area contributed by atoms with E-state index in [0.29, 0.717) is 18.5 Å². The maximum atomic E-state index is 10.9. The summed E-state index contributed by atoms with van der Waals surface area (Å²) in [5, 5.41) is 8.62. The van der Waals surface area contributed by atoms with Crippen molar-refractivity contribution in [3.05, 3.63) is 29.8 Å². The van der Waals surface area contributed by atoms with Crippen LogP contribution in [0.1, 0.15) is 30.6 Å². The molecule has 0 atom stereocenters. The Balaban J connectivity index is 3.01. The van der Waals surface area contributed by atoms with Crippen molar-refractivity contribution in [1.29, 1.82) is 5.26 Å². The van der Waals surface area contributed by atoms with Crippen molar-refractivity contribution in [1.82, 2.24) is 0 Å². The highest BCUT2D eigenvalue weighted by molar-refractivity contribution is 5.84. The van der Waals surface area contributed by atoms with Crippen LogP contribution < -0.4 is 4.90 Å². The first kappa shape index (κ1) is 12.3. The molecular formula is C13H16N2O. The summed E-state index contributed by atoms with van der Waals surface area (Å²) in [7, 11) is 0. The first-order valence-electron chi connectivity index (χ1n) is 5.38. The fraction of sp³-hybridized carbons (Fsp3) is 0.385. The van der Waals surface area contributed by atoms with Crippen LogP contribution in [0.2, 0.25) is 0 Å². The van der Waals surface area contributed by atoms with Gasteiger partial charge in [0.05, 0.1) is 12.5 Å². The second-order valence-corrected chi connectivity index (χ2v) is 3.87. The quantitative estimate of drug-likeness (QED) is 0.711. The molecule has 0 aromatic heterocycles. The number of carbonyl (C=O) groups is 1. The van der Waals surface area contributed by atoms with Crippen LogP contribution in [-0.2, 0) is 0 Å². The highest BCUT2D eigenvalue weighted by Gasteiger charge is 2.13. The van der Waals surface area contributed by atoms with Crippen LogP contribution in [0.4, 0.5) is 5.69 Å². The molecule has 0 heterocycles. The van der Waals surface area contributed by atoms with E-state index in [-0.39, 0.29) is 6.04 Å². The van der Waals surface area contributed by atoms with Crippen LogP contribution in [0, 0.1) is 11.3 Å². The van der Waals surface area contributed by atoms with E-state index in [1.807, 2.05) is 18.2 Å². The van der Waals surface area contributed by atoms with Crippen LogP contribution >= 0.6 is 0 Å². The van der Waals surface area contributed by atoms with Crippen molar-refractivity contribution in [3.63, 3.8) is 0 Å². The number of aldehydes is 1. The fourth-order valence-corrected chi connectivity index (χ4v) is 1.68. The number of rotatable bonds is 5. The van der Waals surface area contributed by atoms with Gasteiger partial charge in [0.25, 0.3) is 0 Å². The lowest BCUT2D eigenvalue weighted by Gasteiger charge is -2.29. The minimum absolute atomic E-state index is 0.273. The summed E-state index contributed by atoms with van der Waals surface area (Å²) >= 11 is 0. The van der Waals surface area contributed by atoms with Crippen LogP contribution in [0.3, 0.4) is 0 Å². The highest BCUT2D eigenvalue weighted by atomic mass is 16.1. The van der Waals surface area contributed by atoms with Gasteiger partial charge in [0, 0.05) is 23.8 Å². The van der Waals surface area contributed by atoms with E-state index in [0.717, 1.165) is 12.0 Å². The molecule has 3 nitrogen and oxygen atoms in total. The molecule has 0 saturated carbocycles. The van der Waals surface area contributed by atoms with Gasteiger partial charge < -0.3 is 4.90 Å². The zero-order valence-electron chi connectivity index (χ0n) is 9.68. The first-order valence-corrected chi connectivity index (χ1v) is 5.38. The second kappa shape index (κ2) is 5.92. The molecule has 0 N–H and O–H groups in total. The minimum Gasteiger partial charge on any atom is -0.367 e. The highest BCUT2D eigenvalue weighted by Crippen LogP contribution is 2.21.